The van der Waals surface area contributed by atoms with Gasteiger partial charge in [-0.05, 0) is 56.2 Å². The number of aromatic nitrogens is 3. The molecule has 2 unspecified atom stereocenters. The molecule has 1 aliphatic heterocycles. The van der Waals surface area contributed by atoms with E-state index in [4.69, 9.17) is 9.47 Å². The van der Waals surface area contributed by atoms with Crippen LogP contribution in [0.1, 0.15) is 43.6 Å². The lowest BCUT2D eigenvalue weighted by molar-refractivity contribution is -0.122. The Kier molecular flexibility index (Phi) is 9.35. The van der Waals surface area contributed by atoms with Gasteiger partial charge in [0.2, 0.25) is 5.91 Å². The zero-order valence-electron chi connectivity index (χ0n) is 22.6. The van der Waals surface area contributed by atoms with Crippen LogP contribution in [0, 0.1) is 5.92 Å². The molecular formula is C27H39N5O6. The summed E-state index contributed by atoms with van der Waals surface area (Å²) in [5.41, 5.74) is -0.146. The average Bonchev–Trinajstić information content (AvgIpc) is 3.76. The van der Waals surface area contributed by atoms with Gasteiger partial charge in [0.15, 0.2) is 0 Å². The van der Waals surface area contributed by atoms with Crippen molar-refractivity contribution < 1.29 is 14.3 Å². The Bertz CT molecular complexity index is 1290. The topological polar surface area (TPSA) is 117 Å². The van der Waals surface area contributed by atoms with Gasteiger partial charge in [0.25, 0.3) is 11.1 Å². The second-order valence-corrected chi connectivity index (χ2v) is 10.3. The van der Waals surface area contributed by atoms with E-state index in [1.807, 2.05) is 6.07 Å². The minimum Gasteiger partial charge on any atom is -0.385 e. The van der Waals surface area contributed by atoms with Crippen LogP contribution in [0.15, 0.2) is 38.9 Å². The van der Waals surface area contributed by atoms with Gasteiger partial charge < -0.3 is 19.4 Å². The number of nitrogens with zero attached hydrogens (tertiary/aromatic N) is 4. The van der Waals surface area contributed by atoms with Crippen molar-refractivity contribution in [3.63, 3.8) is 0 Å². The number of amides is 1. The summed E-state index contributed by atoms with van der Waals surface area (Å²) >= 11 is 0. The molecule has 0 radical (unpaired) electrons. The summed E-state index contributed by atoms with van der Waals surface area (Å²) in [5.74, 6) is -0.856. The van der Waals surface area contributed by atoms with Gasteiger partial charge >= 0.3 is 5.69 Å². The summed E-state index contributed by atoms with van der Waals surface area (Å²) in [6.07, 6.45) is 7.26. The molecule has 1 saturated carbocycles. The maximum absolute atomic E-state index is 13.8. The quantitative estimate of drug-likeness (QED) is 0.408. The van der Waals surface area contributed by atoms with E-state index >= 15 is 0 Å². The number of nitrogens with one attached hydrogen (secondary N) is 1. The van der Waals surface area contributed by atoms with Crippen molar-refractivity contribution in [2.75, 3.05) is 45.8 Å². The second kappa shape index (κ2) is 12.7. The minimum atomic E-state index is -0.526. The third-order valence-electron chi connectivity index (χ3n) is 7.57. The van der Waals surface area contributed by atoms with Crippen LogP contribution < -0.4 is 22.1 Å². The predicted molar refractivity (Wildman–Crippen MR) is 144 cm³/mol. The summed E-state index contributed by atoms with van der Waals surface area (Å²) in [7, 11) is 4.86. The van der Waals surface area contributed by atoms with E-state index in [1.54, 1.807) is 33.5 Å². The largest absolute Gasteiger partial charge is 0.385 e. The number of piperidine rings is 1. The maximum atomic E-state index is 13.8. The van der Waals surface area contributed by atoms with E-state index in [-0.39, 0.29) is 29.6 Å². The molecule has 0 bridgehead atoms. The highest BCUT2D eigenvalue weighted by molar-refractivity contribution is 5.93. The van der Waals surface area contributed by atoms with Gasteiger partial charge in [0, 0.05) is 78.6 Å². The molecule has 2 aromatic heterocycles. The first kappa shape index (κ1) is 28.0. The molecular weight excluding hydrogens is 490 g/mol. The Balaban J connectivity index is 1.64. The van der Waals surface area contributed by atoms with Crippen molar-refractivity contribution in [2.45, 2.75) is 57.2 Å². The Morgan fingerprint density at radius 3 is 2.42 bits per heavy atom. The van der Waals surface area contributed by atoms with Crippen LogP contribution in [0.3, 0.4) is 0 Å². The van der Waals surface area contributed by atoms with Crippen LogP contribution in [0.25, 0.3) is 0 Å². The smallest absolute Gasteiger partial charge is 0.331 e. The predicted octanol–water partition coefficient (Wildman–Crippen LogP) is 0.988. The fourth-order valence-corrected chi connectivity index (χ4v) is 5.28. The molecule has 1 amide bonds. The van der Waals surface area contributed by atoms with Crippen molar-refractivity contribution in [3.05, 3.63) is 61.3 Å². The fraction of sp³-hybridized carbons (Fsp3) is 0.630. The standard InChI is InChI=1S/C27H39N5O6/c1-29-12-8-19(16-24(29)33)21-9-13-30(20-6-7-20)17-22(21)25(34)28-23-18-31(10-4-14-37-2)27(36)32(26(23)35)11-5-15-38-3/h8,12,16,18,20-22H,4-7,9-11,13-15,17H2,1-3H3,(H,28,34). The molecule has 3 heterocycles. The number of rotatable bonds is 12. The number of anilines is 1. The zero-order chi connectivity index (χ0) is 27.2. The van der Waals surface area contributed by atoms with E-state index in [0.29, 0.717) is 45.2 Å². The number of hydrogen-bond donors (Lipinski definition) is 1. The summed E-state index contributed by atoms with van der Waals surface area (Å²) in [6.45, 7) is 2.85. The first-order valence-corrected chi connectivity index (χ1v) is 13.4. The summed E-state index contributed by atoms with van der Waals surface area (Å²) in [6, 6.07) is 4.00. The molecule has 2 fully saturated rings. The Morgan fingerprint density at radius 1 is 1.05 bits per heavy atom. The summed E-state index contributed by atoms with van der Waals surface area (Å²) in [4.78, 5) is 54.8. The number of ether oxygens (including phenoxy) is 2. The molecule has 2 atom stereocenters. The number of pyridine rings is 1. The van der Waals surface area contributed by atoms with Crippen LogP contribution in [-0.2, 0) is 34.4 Å². The van der Waals surface area contributed by atoms with Crippen molar-refractivity contribution >= 4 is 11.6 Å². The molecule has 4 rings (SSSR count). The number of hydrogen-bond acceptors (Lipinski definition) is 7. The van der Waals surface area contributed by atoms with Crippen LogP contribution in [0.2, 0.25) is 0 Å². The third kappa shape index (κ3) is 6.51. The average molecular weight is 530 g/mol. The van der Waals surface area contributed by atoms with E-state index in [1.165, 1.54) is 15.3 Å². The normalized spacial score (nSPS) is 20.0. The van der Waals surface area contributed by atoms with Crippen LogP contribution in [0.5, 0.6) is 0 Å². The van der Waals surface area contributed by atoms with E-state index in [0.717, 1.165) is 35.9 Å². The molecule has 11 heteroatoms. The lowest BCUT2D eigenvalue weighted by Crippen LogP contribution is -2.47. The Hall–Kier alpha value is -3.02. The molecule has 1 aliphatic carbocycles. The Labute approximate surface area is 222 Å². The van der Waals surface area contributed by atoms with Crippen molar-refractivity contribution in [2.24, 2.45) is 13.0 Å². The molecule has 0 aromatic carbocycles. The maximum Gasteiger partial charge on any atom is 0.331 e. The van der Waals surface area contributed by atoms with Gasteiger partial charge in [0.1, 0.15) is 5.69 Å². The zero-order valence-corrected chi connectivity index (χ0v) is 22.6. The molecule has 38 heavy (non-hydrogen) atoms. The van der Waals surface area contributed by atoms with Crippen molar-refractivity contribution in [3.8, 4) is 0 Å². The van der Waals surface area contributed by atoms with Crippen LogP contribution in [-0.4, -0.2) is 71.1 Å². The number of methoxy groups -OCH3 is 2. The van der Waals surface area contributed by atoms with Gasteiger partial charge in [-0.15, -0.1) is 0 Å². The molecule has 2 aromatic rings. The van der Waals surface area contributed by atoms with E-state index in [2.05, 4.69) is 10.2 Å². The highest BCUT2D eigenvalue weighted by Gasteiger charge is 2.40. The lowest BCUT2D eigenvalue weighted by atomic mass is 9.80. The number of carbonyl (C=O) groups excluding carboxylic acids is 1. The van der Waals surface area contributed by atoms with E-state index in [9.17, 15) is 19.2 Å². The first-order chi connectivity index (χ1) is 18.3. The fourth-order valence-electron chi connectivity index (χ4n) is 5.28. The summed E-state index contributed by atoms with van der Waals surface area (Å²) in [5, 5.41) is 2.87. The molecule has 2 aliphatic rings. The molecule has 1 N–H and O–H groups in total. The monoisotopic (exact) mass is 529 g/mol. The van der Waals surface area contributed by atoms with Gasteiger partial charge in [-0.25, -0.2) is 4.79 Å². The highest BCUT2D eigenvalue weighted by Crippen LogP contribution is 2.38. The molecule has 208 valence electrons. The van der Waals surface area contributed by atoms with Crippen LogP contribution in [0.4, 0.5) is 5.69 Å². The highest BCUT2D eigenvalue weighted by atomic mass is 16.5. The molecule has 11 nitrogen and oxygen atoms in total. The summed E-state index contributed by atoms with van der Waals surface area (Å²) < 4.78 is 14.3. The number of aryl methyl sites for hydroxylation is 2. The number of likely N-dealkylation sites (tertiary alicyclic amines) is 1. The van der Waals surface area contributed by atoms with Gasteiger partial charge in [-0.2, -0.15) is 0 Å². The minimum absolute atomic E-state index is 0.0794. The Morgan fingerprint density at radius 2 is 1.76 bits per heavy atom. The van der Waals surface area contributed by atoms with Crippen LogP contribution >= 0.6 is 0 Å². The molecule has 1 saturated heterocycles. The third-order valence-corrected chi connectivity index (χ3v) is 7.57. The first-order valence-electron chi connectivity index (χ1n) is 13.4. The lowest BCUT2D eigenvalue weighted by Gasteiger charge is -2.38. The van der Waals surface area contributed by atoms with Gasteiger partial charge in [-0.1, -0.05) is 0 Å². The van der Waals surface area contributed by atoms with E-state index < -0.39 is 17.2 Å². The molecule has 0 spiro atoms. The van der Waals surface area contributed by atoms with Gasteiger partial charge in [0.05, 0.1) is 5.92 Å². The second-order valence-electron chi connectivity index (χ2n) is 10.3. The van der Waals surface area contributed by atoms with Crippen molar-refractivity contribution in [1.29, 1.82) is 0 Å². The number of carbonyl (C=O) groups is 1. The van der Waals surface area contributed by atoms with Gasteiger partial charge in [-0.3, -0.25) is 28.4 Å². The SMILES string of the molecule is COCCCn1cc(NC(=O)C2CN(C3CC3)CCC2c2ccn(C)c(=O)c2)c(=O)n(CCCOC)c1=O. The van der Waals surface area contributed by atoms with Crippen molar-refractivity contribution in [1.82, 2.24) is 18.6 Å².